The molecule has 1 atom stereocenters. The van der Waals surface area contributed by atoms with Crippen molar-refractivity contribution in [2.75, 3.05) is 6.61 Å². The topological polar surface area (TPSA) is 79.1 Å². The molecule has 1 aromatic carbocycles. The van der Waals surface area contributed by atoms with E-state index in [2.05, 4.69) is 4.99 Å². The number of phenolic OH excluding ortho intramolecular Hbond substituents is 1. The van der Waals surface area contributed by atoms with Gasteiger partial charge in [0.05, 0.1) is 18.9 Å². The summed E-state index contributed by atoms with van der Waals surface area (Å²) in [5.74, 6) is -0.204. The Bertz CT molecular complexity index is 456. The zero-order valence-corrected chi connectivity index (χ0v) is 9.17. The zero-order chi connectivity index (χ0) is 12.3. The van der Waals surface area contributed by atoms with Gasteiger partial charge in [-0.1, -0.05) is 18.2 Å². The first-order chi connectivity index (χ1) is 8.15. The molecule has 17 heavy (non-hydrogen) atoms. The molecule has 0 aromatic heterocycles. The van der Waals surface area contributed by atoms with E-state index in [1.54, 1.807) is 18.2 Å². The predicted molar refractivity (Wildman–Crippen MR) is 61.2 cm³/mol. The average Bonchev–Trinajstić information content (AvgIpc) is 2.68. The molecule has 1 heterocycles. The summed E-state index contributed by atoms with van der Waals surface area (Å²) >= 11 is 0. The van der Waals surface area contributed by atoms with Crippen molar-refractivity contribution in [2.45, 2.75) is 18.9 Å². The van der Waals surface area contributed by atoms with Crippen LogP contribution in [0.5, 0.6) is 5.75 Å². The third kappa shape index (κ3) is 2.96. The molecule has 0 saturated carbocycles. The fourth-order valence-corrected chi connectivity index (χ4v) is 1.70. The molecule has 1 aliphatic heterocycles. The number of carboxylic acids is 1. The molecule has 0 amide bonds. The maximum absolute atomic E-state index is 10.5. The Morgan fingerprint density at radius 2 is 2.24 bits per heavy atom. The number of phenols is 1. The summed E-state index contributed by atoms with van der Waals surface area (Å²) in [5.41, 5.74) is 0.724. The monoisotopic (exact) mass is 235 g/mol. The minimum atomic E-state index is -0.883. The van der Waals surface area contributed by atoms with Crippen LogP contribution in [0.2, 0.25) is 0 Å². The van der Waals surface area contributed by atoms with Crippen LogP contribution in [0.15, 0.2) is 29.3 Å². The minimum Gasteiger partial charge on any atom is -0.508 e. The van der Waals surface area contributed by atoms with Crippen molar-refractivity contribution < 1.29 is 19.7 Å². The van der Waals surface area contributed by atoms with Crippen molar-refractivity contribution in [3.05, 3.63) is 29.8 Å². The van der Waals surface area contributed by atoms with Gasteiger partial charge < -0.3 is 14.9 Å². The van der Waals surface area contributed by atoms with Gasteiger partial charge in [0, 0.05) is 5.56 Å². The average molecular weight is 235 g/mol. The zero-order valence-electron chi connectivity index (χ0n) is 9.17. The number of aliphatic imine (C=N–C) groups is 1. The van der Waals surface area contributed by atoms with E-state index >= 15 is 0 Å². The number of carboxylic acid groups (broad SMARTS) is 1. The molecule has 2 N–H and O–H groups in total. The Morgan fingerprint density at radius 1 is 1.47 bits per heavy atom. The molecule has 5 nitrogen and oxygen atoms in total. The second-order valence-electron chi connectivity index (χ2n) is 3.89. The molecule has 0 spiro atoms. The third-order valence-electron chi connectivity index (χ3n) is 2.51. The Balaban J connectivity index is 2.01. The van der Waals surface area contributed by atoms with Crippen LogP contribution in [-0.2, 0) is 16.0 Å². The molecule has 0 bridgehead atoms. The van der Waals surface area contributed by atoms with Crippen molar-refractivity contribution >= 4 is 11.9 Å². The highest BCUT2D eigenvalue weighted by molar-refractivity contribution is 5.81. The molecule has 1 aliphatic rings. The van der Waals surface area contributed by atoms with Crippen LogP contribution < -0.4 is 0 Å². The molecular formula is C12H13NO4. The first-order valence-corrected chi connectivity index (χ1v) is 5.33. The van der Waals surface area contributed by atoms with Crippen LogP contribution in [0.25, 0.3) is 0 Å². The summed E-state index contributed by atoms with van der Waals surface area (Å²) in [6, 6.07) is 6.63. The highest BCUT2D eigenvalue weighted by Gasteiger charge is 2.21. The van der Waals surface area contributed by atoms with Crippen molar-refractivity contribution in [3.63, 3.8) is 0 Å². The predicted octanol–water partition coefficient (Wildman–Crippen LogP) is 1.21. The van der Waals surface area contributed by atoms with E-state index in [-0.39, 0.29) is 18.2 Å². The van der Waals surface area contributed by atoms with Crippen LogP contribution in [0.4, 0.5) is 0 Å². The fraction of sp³-hybridized carbons (Fsp3) is 0.333. The lowest BCUT2D eigenvalue weighted by atomic mass is 10.1. The number of hydrogen-bond acceptors (Lipinski definition) is 4. The molecule has 0 fully saturated rings. The maximum Gasteiger partial charge on any atom is 0.305 e. The lowest BCUT2D eigenvalue weighted by molar-refractivity contribution is -0.137. The van der Waals surface area contributed by atoms with Crippen LogP contribution in [0.1, 0.15) is 12.0 Å². The minimum absolute atomic E-state index is 0.0235. The van der Waals surface area contributed by atoms with Crippen LogP contribution >= 0.6 is 0 Å². The number of hydrogen-bond donors (Lipinski definition) is 2. The quantitative estimate of drug-likeness (QED) is 0.822. The van der Waals surface area contributed by atoms with E-state index in [1.807, 2.05) is 6.07 Å². The van der Waals surface area contributed by atoms with Crippen molar-refractivity contribution in [1.82, 2.24) is 0 Å². The summed E-state index contributed by atoms with van der Waals surface area (Å²) < 4.78 is 5.30. The number of rotatable bonds is 4. The van der Waals surface area contributed by atoms with Gasteiger partial charge >= 0.3 is 5.97 Å². The van der Waals surface area contributed by atoms with E-state index in [0.717, 1.165) is 5.56 Å². The van der Waals surface area contributed by atoms with E-state index < -0.39 is 5.97 Å². The van der Waals surface area contributed by atoms with E-state index in [0.29, 0.717) is 18.9 Å². The van der Waals surface area contributed by atoms with Crippen molar-refractivity contribution in [3.8, 4) is 5.75 Å². The van der Waals surface area contributed by atoms with Crippen LogP contribution in [-0.4, -0.2) is 34.7 Å². The van der Waals surface area contributed by atoms with Gasteiger partial charge in [0.25, 0.3) is 0 Å². The number of ether oxygens (including phenoxy) is 1. The molecule has 0 radical (unpaired) electrons. The van der Waals surface area contributed by atoms with Crippen molar-refractivity contribution in [1.29, 1.82) is 0 Å². The third-order valence-corrected chi connectivity index (χ3v) is 2.51. The maximum atomic E-state index is 10.5. The fourth-order valence-electron chi connectivity index (χ4n) is 1.70. The number of carbonyl (C=O) groups is 1. The van der Waals surface area contributed by atoms with Gasteiger partial charge in [0.15, 0.2) is 5.90 Å². The number of aliphatic carboxylic acids is 1. The molecule has 5 heteroatoms. The number of benzene rings is 1. The molecule has 2 rings (SSSR count). The van der Waals surface area contributed by atoms with Crippen molar-refractivity contribution in [2.24, 2.45) is 4.99 Å². The van der Waals surface area contributed by atoms with Gasteiger partial charge in [0.1, 0.15) is 12.4 Å². The number of aromatic hydroxyl groups is 1. The second kappa shape index (κ2) is 4.86. The van der Waals surface area contributed by atoms with Gasteiger partial charge in [-0.25, -0.2) is 4.99 Å². The first-order valence-electron chi connectivity index (χ1n) is 5.33. The summed E-state index contributed by atoms with van der Waals surface area (Å²) in [6.07, 6.45) is 0.368. The molecular weight excluding hydrogens is 222 g/mol. The largest absolute Gasteiger partial charge is 0.508 e. The molecule has 0 saturated heterocycles. The van der Waals surface area contributed by atoms with Gasteiger partial charge in [-0.15, -0.1) is 0 Å². The highest BCUT2D eigenvalue weighted by Crippen LogP contribution is 2.19. The first kappa shape index (κ1) is 11.4. The Morgan fingerprint density at radius 3 is 2.94 bits per heavy atom. The van der Waals surface area contributed by atoms with E-state index in [4.69, 9.17) is 9.84 Å². The standard InChI is InChI=1S/C12H13NO4/c14-10-4-2-1-3-8(10)5-11-13-9(7-17-11)6-12(15)16/h1-4,9,14H,5-7H2,(H,15,16). The van der Waals surface area contributed by atoms with Crippen LogP contribution in [0, 0.1) is 0 Å². The SMILES string of the molecule is O=C(O)CC1COC(Cc2ccccc2O)=N1. The lowest BCUT2D eigenvalue weighted by Gasteiger charge is -2.03. The molecule has 0 aliphatic carbocycles. The highest BCUT2D eigenvalue weighted by atomic mass is 16.5. The van der Waals surface area contributed by atoms with Gasteiger partial charge in [-0.05, 0) is 6.07 Å². The normalized spacial score (nSPS) is 18.6. The van der Waals surface area contributed by atoms with Crippen LogP contribution in [0.3, 0.4) is 0 Å². The van der Waals surface area contributed by atoms with E-state index in [1.165, 1.54) is 0 Å². The summed E-state index contributed by atoms with van der Waals surface area (Å²) in [7, 11) is 0. The second-order valence-corrected chi connectivity index (χ2v) is 3.89. The Labute approximate surface area is 98.4 Å². The Hall–Kier alpha value is -2.04. The molecule has 1 unspecified atom stereocenters. The molecule has 1 aromatic rings. The number of nitrogens with zero attached hydrogens (tertiary/aromatic N) is 1. The smallest absolute Gasteiger partial charge is 0.305 e. The van der Waals surface area contributed by atoms with E-state index in [9.17, 15) is 9.90 Å². The molecule has 90 valence electrons. The summed E-state index contributed by atoms with van der Waals surface area (Å²) in [4.78, 5) is 14.7. The van der Waals surface area contributed by atoms with Gasteiger partial charge in [-0.2, -0.15) is 0 Å². The summed E-state index contributed by atoms with van der Waals surface area (Å²) in [6.45, 7) is 0.301. The van der Waals surface area contributed by atoms with Gasteiger partial charge in [-0.3, -0.25) is 4.79 Å². The summed E-state index contributed by atoms with van der Waals surface area (Å²) in [5, 5.41) is 18.2. The van der Waals surface area contributed by atoms with Gasteiger partial charge in [0.2, 0.25) is 0 Å². The Kier molecular flexibility index (Phi) is 3.27. The lowest BCUT2D eigenvalue weighted by Crippen LogP contribution is -2.12. The number of para-hydroxylation sites is 1.